The smallest absolute Gasteiger partial charge is 0.229 e. The summed E-state index contributed by atoms with van der Waals surface area (Å²) in [5.74, 6) is -0.201. The molecule has 0 amide bonds. The van der Waals surface area contributed by atoms with Gasteiger partial charge >= 0.3 is 0 Å². The molecule has 0 radical (unpaired) electrons. The van der Waals surface area contributed by atoms with Crippen molar-refractivity contribution in [3.63, 3.8) is 0 Å². The molecule has 15 unspecified atom stereocenters. The van der Waals surface area contributed by atoms with Gasteiger partial charge in [-0.25, -0.2) is 0 Å². The zero-order chi connectivity index (χ0) is 49.3. The first-order chi connectivity index (χ1) is 31.7. The number of hydrogen-bond donors (Lipinski definition) is 16. The fraction of sp³-hybridized carbons (Fsp3) is 0.816. The number of benzene rings is 1. The van der Waals surface area contributed by atoms with Crippen molar-refractivity contribution in [2.45, 2.75) is 160 Å². The highest BCUT2D eigenvalue weighted by atomic mass is 79.9. The molecule has 25 atom stereocenters. The fourth-order valence-corrected chi connectivity index (χ4v) is 9.48. The van der Waals surface area contributed by atoms with Crippen LogP contribution in [0.3, 0.4) is 0 Å². The zero-order valence-electron chi connectivity index (χ0n) is 35.0. The van der Waals surface area contributed by atoms with Crippen molar-refractivity contribution in [1.29, 1.82) is 0 Å². The number of ketones is 1. The van der Waals surface area contributed by atoms with Crippen LogP contribution in [-0.2, 0) is 42.6 Å². The van der Waals surface area contributed by atoms with Gasteiger partial charge in [-0.3, -0.25) is 4.79 Å². The van der Waals surface area contributed by atoms with Crippen LogP contribution in [-0.4, -0.2) is 274 Å². The summed E-state index contributed by atoms with van der Waals surface area (Å²) in [4.78, 5) is 11.9. The first-order valence-corrected chi connectivity index (χ1v) is 22.4. The first kappa shape index (κ1) is 55.0. The molecule has 5 heterocycles. The lowest BCUT2D eigenvalue weighted by molar-refractivity contribution is -0.392. The normalized spacial score (nSPS) is 46.3. The van der Waals surface area contributed by atoms with E-state index < -0.39 is 187 Å². The van der Waals surface area contributed by atoms with E-state index in [0.29, 0.717) is 5.56 Å². The predicted molar refractivity (Wildman–Crippen MR) is 217 cm³/mol. The molecular weight excluding hydrogens is 1050 g/mol. The largest absolute Gasteiger partial charge is 0.460 e. The molecule has 0 saturated carbocycles. The van der Waals surface area contributed by atoms with Gasteiger partial charge in [-0.15, -0.1) is 0 Å². The average molecular weight is 1100 g/mol. The van der Waals surface area contributed by atoms with Gasteiger partial charge in [0.25, 0.3) is 0 Å². The molecule has 27 nitrogen and oxygen atoms in total. The van der Waals surface area contributed by atoms with E-state index in [1.807, 2.05) is 0 Å². The molecule has 5 fully saturated rings. The van der Waals surface area contributed by atoms with Crippen LogP contribution in [0, 0.1) is 0 Å². The third-order valence-electron chi connectivity index (χ3n) is 11.9. The number of carbonyl (C=O) groups excluding carboxylic acids is 1. The van der Waals surface area contributed by atoms with Gasteiger partial charge in [0.1, 0.15) is 122 Å². The number of ether oxygens (including phenoxy) is 10. The molecule has 0 aliphatic carbocycles. The third-order valence-corrected chi connectivity index (χ3v) is 13.1. The van der Waals surface area contributed by atoms with Gasteiger partial charge in [-0.05, 0) is 50.9 Å². The van der Waals surface area contributed by atoms with Crippen molar-refractivity contribution < 1.29 is 134 Å². The Morgan fingerprint density at radius 2 is 0.701 bits per heavy atom. The van der Waals surface area contributed by atoms with Gasteiger partial charge in [0.05, 0.1) is 42.0 Å². The minimum absolute atomic E-state index is 0.0585. The van der Waals surface area contributed by atoms with E-state index in [9.17, 15) is 86.5 Å². The number of halogens is 2. The molecular formula is C38H56Br2O27. The second kappa shape index (κ2) is 23.5. The van der Waals surface area contributed by atoms with Gasteiger partial charge in [0.2, 0.25) is 6.29 Å². The summed E-state index contributed by atoms with van der Waals surface area (Å²) in [6, 6.07) is 2.89. The molecule has 16 N–H and O–H groups in total. The van der Waals surface area contributed by atoms with E-state index in [0.717, 1.165) is 0 Å². The van der Waals surface area contributed by atoms with E-state index in [2.05, 4.69) is 31.9 Å². The number of Topliss-reactive ketones (excluding diaryl/α,β-unsaturated/α-hetero) is 1. The van der Waals surface area contributed by atoms with Crippen molar-refractivity contribution in [2.24, 2.45) is 0 Å². The van der Waals surface area contributed by atoms with Crippen molar-refractivity contribution in [1.82, 2.24) is 0 Å². The van der Waals surface area contributed by atoms with Crippen molar-refractivity contribution >= 4 is 37.6 Å². The lowest BCUT2D eigenvalue weighted by atomic mass is 9.95. The predicted octanol–water partition coefficient (Wildman–Crippen LogP) is -8.11. The lowest BCUT2D eigenvalue weighted by Crippen LogP contribution is -2.68. The first-order valence-electron chi connectivity index (χ1n) is 20.8. The highest BCUT2D eigenvalue weighted by molar-refractivity contribution is 9.11. The standard InChI is InChI=1S/C38H56Br2O27/c1-9(46)10-2-11(39)29(12(40)3-10)63-35-25(54)20(49)31(14(5-42)59-35)65-37-27(56)22(51)33(16(7-44)61-37)67-38-28(57)23(52)32(17(8-45)62-38)66-36-26(55)21(50)30(15(6-43)60-36)64-34-24(53)19(48)18(47)13(4-41)58-34/h2-3,13-28,30-38,41-45,47-57H,4-8H2,1H3/t13?,14?,15?,16?,17?,18?,19-,20+,21+,22+,23+,24?,25?,26?,27?,28?,30?,31?,32?,33?,34-,35-,36-,37-,38-/m1/s1. The Bertz CT molecular complexity index is 1740. The van der Waals surface area contributed by atoms with Crippen LogP contribution in [0.4, 0.5) is 0 Å². The Balaban J connectivity index is 1.08. The average Bonchev–Trinajstić information content (AvgIpc) is 3.30. The molecule has 0 aromatic heterocycles. The molecule has 0 spiro atoms. The Morgan fingerprint density at radius 1 is 0.433 bits per heavy atom. The Kier molecular flexibility index (Phi) is 19.3. The SMILES string of the molecule is CC(=O)c1cc(Br)c(O[C@H]2OC(CO)C(O[C@H]3OC(CO)C(O[C@H]4OC(CO)C(O[C@H]5OC(CO)C(O[C@H]6OC(CO)C(O)[C@@H](O)C6O)[C@@H](O)C5O)[C@@H](O)C4O)[C@@H](O)C3O)[C@@H](O)C2O)c(Br)c1. The second-order valence-corrected chi connectivity index (χ2v) is 18.1. The Labute approximate surface area is 396 Å². The molecule has 29 heteroatoms. The van der Waals surface area contributed by atoms with Crippen LogP contribution in [0.5, 0.6) is 5.75 Å². The minimum atomic E-state index is -2.14. The van der Waals surface area contributed by atoms with Crippen molar-refractivity contribution in [3.05, 3.63) is 26.6 Å². The molecule has 5 aliphatic rings. The molecule has 1 aromatic carbocycles. The summed E-state index contributed by atoms with van der Waals surface area (Å²) in [6.45, 7) is -3.24. The molecule has 384 valence electrons. The van der Waals surface area contributed by atoms with E-state index in [4.69, 9.17) is 47.4 Å². The van der Waals surface area contributed by atoms with Crippen LogP contribution < -0.4 is 4.74 Å². The maximum Gasteiger partial charge on any atom is 0.229 e. The van der Waals surface area contributed by atoms with Crippen LogP contribution in [0.15, 0.2) is 21.1 Å². The third kappa shape index (κ3) is 11.5. The molecule has 5 saturated heterocycles. The van der Waals surface area contributed by atoms with Crippen molar-refractivity contribution in [3.8, 4) is 5.75 Å². The van der Waals surface area contributed by atoms with Crippen LogP contribution in [0.25, 0.3) is 0 Å². The van der Waals surface area contributed by atoms with Crippen LogP contribution >= 0.6 is 31.9 Å². The zero-order valence-corrected chi connectivity index (χ0v) is 38.2. The quantitative estimate of drug-likeness (QED) is 0.0684. The van der Waals surface area contributed by atoms with Crippen molar-refractivity contribution in [2.75, 3.05) is 33.0 Å². The van der Waals surface area contributed by atoms with E-state index in [-0.39, 0.29) is 20.5 Å². The monoisotopic (exact) mass is 1100 g/mol. The minimum Gasteiger partial charge on any atom is -0.460 e. The lowest BCUT2D eigenvalue weighted by Gasteiger charge is -2.49. The summed E-state index contributed by atoms with van der Waals surface area (Å²) in [6.07, 6.45) is -46.1. The number of aliphatic hydroxyl groups excluding tert-OH is 16. The number of carbonyl (C=O) groups is 1. The fourth-order valence-electron chi connectivity index (χ4n) is 8.11. The van der Waals surface area contributed by atoms with Gasteiger partial charge < -0.3 is 129 Å². The molecule has 0 bridgehead atoms. The van der Waals surface area contributed by atoms with Gasteiger partial charge in [-0.2, -0.15) is 0 Å². The number of hydrogen-bond acceptors (Lipinski definition) is 27. The summed E-state index contributed by atoms with van der Waals surface area (Å²) < 4.78 is 56.8. The van der Waals surface area contributed by atoms with Gasteiger partial charge in [0, 0.05) is 5.56 Å². The molecule has 67 heavy (non-hydrogen) atoms. The maximum atomic E-state index is 11.9. The summed E-state index contributed by atoms with van der Waals surface area (Å²) in [5, 5.41) is 170. The summed E-state index contributed by atoms with van der Waals surface area (Å²) in [7, 11) is 0. The maximum absolute atomic E-state index is 11.9. The highest BCUT2D eigenvalue weighted by Crippen LogP contribution is 2.39. The Hall–Kier alpha value is -1.35. The van der Waals surface area contributed by atoms with Crippen LogP contribution in [0.2, 0.25) is 0 Å². The van der Waals surface area contributed by atoms with E-state index in [1.165, 1.54) is 19.1 Å². The molecule has 5 aliphatic heterocycles. The second-order valence-electron chi connectivity index (χ2n) is 16.4. The van der Waals surface area contributed by atoms with Gasteiger partial charge in [0.15, 0.2) is 36.7 Å². The van der Waals surface area contributed by atoms with Gasteiger partial charge in [-0.1, -0.05) is 0 Å². The molecule has 6 rings (SSSR count). The highest BCUT2D eigenvalue weighted by Gasteiger charge is 2.56. The Morgan fingerprint density at radius 3 is 1.00 bits per heavy atom. The number of rotatable bonds is 16. The summed E-state index contributed by atoms with van der Waals surface area (Å²) >= 11 is 6.55. The summed E-state index contributed by atoms with van der Waals surface area (Å²) in [5.41, 5.74) is 0.310. The number of aliphatic hydroxyl groups is 16. The van der Waals surface area contributed by atoms with E-state index in [1.54, 1.807) is 0 Å². The van der Waals surface area contributed by atoms with E-state index >= 15 is 0 Å². The topological polar surface area (TPSA) is 433 Å². The molecule has 1 aromatic rings. The van der Waals surface area contributed by atoms with Crippen LogP contribution in [0.1, 0.15) is 17.3 Å².